The molecule has 0 N–H and O–H groups in total. The summed E-state index contributed by atoms with van der Waals surface area (Å²) in [6, 6.07) is 10.3. The largest absolute Gasteiger partial charge is 0.472 e. The lowest BCUT2D eigenvalue weighted by molar-refractivity contribution is -0.257. The van der Waals surface area contributed by atoms with E-state index < -0.39 is 0 Å². The summed E-state index contributed by atoms with van der Waals surface area (Å²) in [5.74, 6) is 0.419. The molecule has 1 fully saturated rings. The first kappa shape index (κ1) is 7.15. The van der Waals surface area contributed by atoms with E-state index in [0.717, 1.165) is 0 Å². The van der Waals surface area contributed by atoms with Gasteiger partial charge in [0.25, 0.3) is 0 Å². The molecule has 2 aliphatic rings. The maximum absolute atomic E-state index is 5.56. The molecule has 2 heterocycles. The predicted octanol–water partition coefficient (Wildman–Crippen LogP) is 2.24. The van der Waals surface area contributed by atoms with E-state index in [2.05, 4.69) is 18.2 Å². The number of fused-ring (bicyclic) bond motifs is 1. The van der Waals surface area contributed by atoms with Crippen LogP contribution in [0.2, 0.25) is 0 Å². The van der Waals surface area contributed by atoms with Crippen LogP contribution in [0.4, 0.5) is 0 Å². The minimum Gasteiger partial charge on any atom is -0.472 e. The molecular formula is C11H10O2. The second-order valence-corrected chi connectivity index (χ2v) is 3.38. The van der Waals surface area contributed by atoms with E-state index in [1.165, 1.54) is 5.56 Å². The van der Waals surface area contributed by atoms with E-state index in [4.69, 9.17) is 9.47 Å². The zero-order valence-electron chi connectivity index (χ0n) is 7.09. The Morgan fingerprint density at radius 1 is 1.08 bits per heavy atom. The summed E-state index contributed by atoms with van der Waals surface area (Å²) < 4.78 is 10.8. The van der Waals surface area contributed by atoms with Crippen molar-refractivity contribution < 1.29 is 9.47 Å². The first-order valence-electron chi connectivity index (χ1n) is 4.48. The molecule has 1 aromatic carbocycles. The first-order valence-corrected chi connectivity index (χ1v) is 4.48. The summed E-state index contributed by atoms with van der Waals surface area (Å²) in [5, 5.41) is 0. The standard InChI is InChI=1S/C11H10O2/c1-2-4-8(5-3-1)10-9-6-7-12-11(9)13-10/h1-7,9-11H/t9-,10+,11+/m0/s1. The second-order valence-electron chi connectivity index (χ2n) is 3.38. The third-order valence-corrected chi connectivity index (χ3v) is 2.59. The lowest BCUT2D eigenvalue weighted by Gasteiger charge is -2.38. The highest BCUT2D eigenvalue weighted by Gasteiger charge is 2.45. The molecule has 13 heavy (non-hydrogen) atoms. The normalized spacial score (nSPS) is 34.9. The van der Waals surface area contributed by atoms with Gasteiger partial charge in [-0.2, -0.15) is 0 Å². The van der Waals surface area contributed by atoms with Crippen LogP contribution >= 0.6 is 0 Å². The van der Waals surface area contributed by atoms with E-state index in [-0.39, 0.29) is 12.4 Å². The number of hydrogen-bond donors (Lipinski definition) is 0. The summed E-state index contributed by atoms with van der Waals surface area (Å²) in [7, 11) is 0. The van der Waals surface area contributed by atoms with Crippen LogP contribution in [0.3, 0.4) is 0 Å². The molecule has 3 atom stereocenters. The van der Waals surface area contributed by atoms with E-state index in [0.29, 0.717) is 5.92 Å². The molecule has 1 saturated heterocycles. The number of ether oxygens (including phenoxy) is 2. The Morgan fingerprint density at radius 2 is 1.92 bits per heavy atom. The Morgan fingerprint density at radius 3 is 2.69 bits per heavy atom. The van der Waals surface area contributed by atoms with Crippen LogP contribution in [0.25, 0.3) is 0 Å². The lowest BCUT2D eigenvalue weighted by Crippen LogP contribution is -2.39. The topological polar surface area (TPSA) is 18.5 Å². The van der Waals surface area contributed by atoms with E-state index in [1.54, 1.807) is 6.26 Å². The Hall–Kier alpha value is -1.28. The molecule has 3 rings (SSSR count). The lowest BCUT2D eigenvalue weighted by atomic mass is 9.91. The first-order chi connectivity index (χ1) is 6.45. The van der Waals surface area contributed by atoms with Gasteiger partial charge in [-0.15, -0.1) is 0 Å². The van der Waals surface area contributed by atoms with E-state index in [1.807, 2.05) is 18.2 Å². The third-order valence-electron chi connectivity index (χ3n) is 2.59. The monoisotopic (exact) mass is 174 g/mol. The molecule has 0 unspecified atom stereocenters. The van der Waals surface area contributed by atoms with Gasteiger partial charge in [0.1, 0.15) is 0 Å². The summed E-state index contributed by atoms with van der Waals surface area (Å²) in [4.78, 5) is 0. The molecule has 0 bridgehead atoms. The predicted molar refractivity (Wildman–Crippen MR) is 47.8 cm³/mol. The molecular weight excluding hydrogens is 164 g/mol. The quantitative estimate of drug-likeness (QED) is 0.650. The number of hydrogen-bond acceptors (Lipinski definition) is 2. The third kappa shape index (κ3) is 0.988. The Balaban J connectivity index is 1.85. The van der Waals surface area contributed by atoms with Crippen molar-refractivity contribution in [2.24, 2.45) is 5.92 Å². The fourth-order valence-corrected chi connectivity index (χ4v) is 1.85. The van der Waals surface area contributed by atoms with Crippen molar-refractivity contribution >= 4 is 0 Å². The summed E-state index contributed by atoms with van der Waals surface area (Å²) in [6.07, 6.45) is 3.99. The minimum atomic E-state index is -0.0230. The van der Waals surface area contributed by atoms with Gasteiger partial charge < -0.3 is 9.47 Å². The van der Waals surface area contributed by atoms with Gasteiger partial charge in [0.05, 0.1) is 18.3 Å². The van der Waals surface area contributed by atoms with E-state index in [9.17, 15) is 0 Å². The van der Waals surface area contributed by atoms with Gasteiger partial charge in [-0.05, 0) is 11.6 Å². The molecule has 0 spiro atoms. The zero-order valence-corrected chi connectivity index (χ0v) is 7.09. The summed E-state index contributed by atoms with van der Waals surface area (Å²) >= 11 is 0. The van der Waals surface area contributed by atoms with Gasteiger partial charge in [0, 0.05) is 0 Å². The highest BCUT2D eigenvalue weighted by molar-refractivity contribution is 5.23. The van der Waals surface area contributed by atoms with Gasteiger partial charge in [0.15, 0.2) is 0 Å². The number of rotatable bonds is 1. The molecule has 66 valence electrons. The van der Waals surface area contributed by atoms with Crippen LogP contribution in [-0.4, -0.2) is 6.29 Å². The molecule has 0 aromatic heterocycles. The summed E-state index contributed by atoms with van der Waals surface area (Å²) in [5.41, 5.74) is 1.24. The highest BCUT2D eigenvalue weighted by atomic mass is 16.7. The van der Waals surface area contributed by atoms with Crippen LogP contribution in [0.1, 0.15) is 11.7 Å². The average molecular weight is 174 g/mol. The van der Waals surface area contributed by atoms with Crippen LogP contribution in [0, 0.1) is 5.92 Å². The minimum absolute atomic E-state index is 0.0230. The van der Waals surface area contributed by atoms with Crippen LogP contribution in [-0.2, 0) is 9.47 Å². The smallest absolute Gasteiger partial charge is 0.208 e. The van der Waals surface area contributed by atoms with Crippen molar-refractivity contribution in [1.29, 1.82) is 0 Å². The van der Waals surface area contributed by atoms with Gasteiger partial charge >= 0.3 is 0 Å². The van der Waals surface area contributed by atoms with Gasteiger partial charge in [-0.25, -0.2) is 0 Å². The van der Waals surface area contributed by atoms with Crippen molar-refractivity contribution in [1.82, 2.24) is 0 Å². The Kier molecular flexibility index (Phi) is 1.43. The molecule has 0 saturated carbocycles. The fourth-order valence-electron chi connectivity index (χ4n) is 1.85. The number of benzene rings is 1. The summed E-state index contributed by atoms with van der Waals surface area (Å²) in [6.45, 7) is 0. The molecule has 2 aliphatic heterocycles. The van der Waals surface area contributed by atoms with Gasteiger partial charge in [-0.3, -0.25) is 0 Å². The highest BCUT2D eigenvalue weighted by Crippen LogP contribution is 2.45. The van der Waals surface area contributed by atoms with Crippen molar-refractivity contribution in [3.05, 3.63) is 48.2 Å². The molecule has 2 heteroatoms. The van der Waals surface area contributed by atoms with Crippen LogP contribution < -0.4 is 0 Å². The van der Waals surface area contributed by atoms with Crippen molar-refractivity contribution in [2.45, 2.75) is 12.4 Å². The Labute approximate surface area is 76.8 Å². The second kappa shape index (κ2) is 2.60. The maximum Gasteiger partial charge on any atom is 0.208 e. The molecule has 1 aromatic rings. The zero-order chi connectivity index (χ0) is 8.67. The van der Waals surface area contributed by atoms with Crippen LogP contribution in [0.15, 0.2) is 42.7 Å². The molecule has 0 amide bonds. The Bertz CT molecular complexity index is 331. The maximum atomic E-state index is 5.56. The van der Waals surface area contributed by atoms with E-state index >= 15 is 0 Å². The fraction of sp³-hybridized carbons (Fsp3) is 0.273. The average Bonchev–Trinajstić information content (AvgIpc) is 2.50. The van der Waals surface area contributed by atoms with Crippen molar-refractivity contribution in [3.63, 3.8) is 0 Å². The SMILES string of the molecule is C1=C[C@@H]2[C@H](O1)O[C@@H]2c1ccccc1. The molecule has 0 radical (unpaired) electrons. The molecule has 2 nitrogen and oxygen atoms in total. The van der Waals surface area contributed by atoms with Crippen molar-refractivity contribution in [2.75, 3.05) is 0 Å². The van der Waals surface area contributed by atoms with Gasteiger partial charge in [0.2, 0.25) is 6.29 Å². The van der Waals surface area contributed by atoms with Crippen LogP contribution in [0.5, 0.6) is 0 Å². The van der Waals surface area contributed by atoms with Crippen molar-refractivity contribution in [3.8, 4) is 0 Å². The van der Waals surface area contributed by atoms with Gasteiger partial charge in [-0.1, -0.05) is 30.3 Å². The molecule has 0 aliphatic carbocycles.